The Morgan fingerprint density at radius 1 is 1.31 bits per heavy atom. The first kappa shape index (κ1) is 11.6. The Morgan fingerprint density at radius 3 is 2.75 bits per heavy atom. The molecule has 1 unspecified atom stereocenters. The summed E-state index contributed by atoms with van der Waals surface area (Å²) in [5, 5.41) is 2.18. The minimum Gasteiger partial charge on any atom is -0.346 e. The number of unbranched alkanes of at least 4 members (excludes halogenated alkanes) is 1. The van der Waals surface area contributed by atoms with Gasteiger partial charge in [-0.1, -0.05) is 55.4 Å². The molecule has 2 nitrogen and oxygen atoms in total. The maximum absolute atomic E-state index is 6.08. The van der Waals surface area contributed by atoms with Gasteiger partial charge in [0.15, 0.2) is 0 Å². The van der Waals surface area contributed by atoms with Crippen LogP contribution in [-0.4, -0.2) is 16.9 Å². The average molecular weight is 234 g/mol. The summed E-state index contributed by atoms with van der Waals surface area (Å²) < 4.78 is 0. The number of benzene rings is 1. The van der Waals surface area contributed by atoms with Gasteiger partial charge in [-0.3, -0.25) is 0 Å². The zero-order chi connectivity index (χ0) is 11.4. The Bertz CT molecular complexity index is 361. The van der Waals surface area contributed by atoms with Crippen LogP contribution in [0.1, 0.15) is 25.3 Å². The van der Waals surface area contributed by atoms with Crippen molar-refractivity contribution in [2.24, 2.45) is 5.73 Å². The Labute approximate surface area is 102 Å². The van der Waals surface area contributed by atoms with E-state index < -0.39 is 0 Å². The van der Waals surface area contributed by atoms with E-state index in [4.69, 9.17) is 5.73 Å². The molecule has 0 aromatic heterocycles. The standard InChI is InChI=1S/C13H18N2S/c1-2-3-9-15-12(10-16-13(15)14)11-7-5-4-6-8-11/h4-8,10,13H,2-3,9,14H2,1H3. The third-order valence-corrected chi connectivity index (χ3v) is 3.65. The molecular formula is C13H18N2S. The molecule has 2 rings (SSSR count). The summed E-state index contributed by atoms with van der Waals surface area (Å²) in [4.78, 5) is 2.30. The Hall–Kier alpha value is -0.930. The number of nitrogens with two attached hydrogens (primary N) is 1. The lowest BCUT2D eigenvalue weighted by molar-refractivity contribution is 0.378. The van der Waals surface area contributed by atoms with E-state index in [-0.39, 0.29) is 5.50 Å². The van der Waals surface area contributed by atoms with Crippen LogP contribution in [0.2, 0.25) is 0 Å². The van der Waals surface area contributed by atoms with Gasteiger partial charge in [0.2, 0.25) is 0 Å². The molecule has 0 fully saturated rings. The van der Waals surface area contributed by atoms with Gasteiger partial charge in [0.05, 0.1) is 5.70 Å². The smallest absolute Gasteiger partial charge is 0.129 e. The second-order valence-electron chi connectivity index (χ2n) is 3.94. The maximum atomic E-state index is 6.08. The molecule has 1 aromatic carbocycles. The number of nitrogens with zero attached hydrogens (tertiary/aromatic N) is 1. The first-order valence-corrected chi connectivity index (χ1v) is 6.70. The first-order chi connectivity index (χ1) is 7.83. The van der Waals surface area contributed by atoms with Crippen LogP contribution in [0.3, 0.4) is 0 Å². The number of thioether (sulfide) groups is 1. The molecule has 2 N–H and O–H groups in total. The largest absolute Gasteiger partial charge is 0.346 e. The molecule has 0 radical (unpaired) electrons. The van der Waals surface area contributed by atoms with Crippen molar-refractivity contribution >= 4 is 17.5 Å². The summed E-state index contributed by atoms with van der Waals surface area (Å²) in [5.41, 5.74) is 8.70. The maximum Gasteiger partial charge on any atom is 0.129 e. The zero-order valence-electron chi connectivity index (χ0n) is 9.60. The molecule has 3 heteroatoms. The second-order valence-corrected chi connectivity index (χ2v) is 4.93. The van der Waals surface area contributed by atoms with Gasteiger partial charge in [-0.25, -0.2) is 0 Å². The Balaban J connectivity index is 2.14. The van der Waals surface area contributed by atoms with Crippen molar-refractivity contribution in [3.63, 3.8) is 0 Å². The molecule has 1 heterocycles. The molecule has 1 atom stereocenters. The summed E-state index contributed by atoms with van der Waals surface area (Å²) in [6.07, 6.45) is 2.40. The van der Waals surface area contributed by atoms with Crippen LogP contribution in [0.5, 0.6) is 0 Å². The summed E-state index contributed by atoms with van der Waals surface area (Å²) in [5.74, 6) is 0. The van der Waals surface area contributed by atoms with Crippen LogP contribution in [0, 0.1) is 0 Å². The van der Waals surface area contributed by atoms with Crippen molar-refractivity contribution in [3.05, 3.63) is 41.3 Å². The fourth-order valence-corrected chi connectivity index (χ4v) is 2.74. The quantitative estimate of drug-likeness (QED) is 0.868. The lowest BCUT2D eigenvalue weighted by Gasteiger charge is -2.26. The molecular weight excluding hydrogens is 216 g/mol. The van der Waals surface area contributed by atoms with Gasteiger partial charge in [0.1, 0.15) is 5.50 Å². The predicted octanol–water partition coefficient (Wildman–Crippen LogP) is 3.08. The van der Waals surface area contributed by atoms with E-state index in [1.165, 1.54) is 24.1 Å². The topological polar surface area (TPSA) is 29.3 Å². The molecule has 0 aliphatic carbocycles. The monoisotopic (exact) mass is 234 g/mol. The van der Waals surface area contributed by atoms with Gasteiger partial charge in [-0.05, 0) is 17.4 Å². The van der Waals surface area contributed by atoms with Crippen LogP contribution < -0.4 is 5.73 Å². The lowest BCUT2D eigenvalue weighted by Crippen LogP contribution is -2.35. The minimum absolute atomic E-state index is 0.0850. The van der Waals surface area contributed by atoms with Crippen LogP contribution in [0.25, 0.3) is 5.70 Å². The van der Waals surface area contributed by atoms with E-state index in [9.17, 15) is 0 Å². The van der Waals surface area contributed by atoms with E-state index >= 15 is 0 Å². The second kappa shape index (κ2) is 5.41. The summed E-state index contributed by atoms with van der Waals surface area (Å²) >= 11 is 1.70. The molecule has 0 bridgehead atoms. The van der Waals surface area contributed by atoms with Crippen molar-refractivity contribution in [2.75, 3.05) is 6.54 Å². The molecule has 0 saturated carbocycles. The highest BCUT2D eigenvalue weighted by molar-refractivity contribution is 8.03. The van der Waals surface area contributed by atoms with E-state index in [0.29, 0.717) is 0 Å². The van der Waals surface area contributed by atoms with Crippen LogP contribution in [-0.2, 0) is 0 Å². The molecule has 16 heavy (non-hydrogen) atoms. The molecule has 1 aliphatic rings. The highest BCUT2D eigenvalue weighted by Crippen LogP contribution is 2.34. The molecule has 0 spiro atoms. The van der Waals surface area contributed by atoms with E-state index in [1.807, 2.05) is 6.07 Å². The molecule has 0 amide bonds. The fourth-order valence-electron chi connectivity index (χ4n) is 1.83. The van der Waals surface area contributed by atoms with Gasteiger partial charge >= 0.3 is 0 Å². The highest BCUT2D eigenvalue weighted by atomic mass is 32.2. The summed E-state index contributed by atoms with van der Waals surface area (Å²) in [6.45, 7) is 3.26. The van der Waals surface area contributed by atoms with Gasteiger partial charge in [-0.15, -0.1) is 0 Å². The Kier molecular flexibility index (Phi) is 3.91. The summed E-state index contributed by atoms with van der Waals surface area (Å²) in [6, 6.07) is 10.5. The minimum atomic E-state index is 0.0850. The van der Waals surface area contributed by atoms with Crippen molar-refractivity contribution in [1.82, 2.24) is 4.90 Å². The molecule has 1 aliphatic heterocycles. The van der Waals surface area contributed by atoms with Crippen LogP contribution in [0.15, 0.2) is 35.7 Å². The lowest BCUT2D eigenvalue weighted by atomic mass is 10.1. The SMILES string of the molecule is CCCCN1C(c2ccccc2)=CSC1N. The Morgan fingerprint density at radius 2 is 2.06 bits per heavy atom. The molecule has 1 aromatic rings. The fraction of sp³-hybridized carbons (Fsp3) is 0.385. The van der Waals surface area contributed by atoms with Gasteiger partial charge in [0, 0.05) is 6.54 Å². The number of hydrogen-bond donors (Lipinski definition) is 1. The van der Waals surface area contributed by atoms with Crippen molar-refractivity contribution in [3.8, 4) is 0 Å². The number of rotatable bonds is 4. The van der Waals surface area contributed by atoms with Crippen molar-refractivity contribution in [1.29, 1.82) is 0 Å². The third kappa shape index (κ3) is 2.42. The highest BCUT2D eigenvalue weighted by Gasteiger charge is 2.23. The zero-order valence-corrected chi connectivity index (χ0v) is 10.4. The van der Waals surface area contributed by atoms with Gasteiger partial charge in [0.25, 0.3) is 0 Å². The third-order valence-electron chi connectivity index (χ3n) is 2.76. The normalized spacial score (nSPS) is 20.0. The van der Waals surface area contributed by atoms with Crippen LogP contribution in [0.4, 0.5) is 0 Å². The molecule has 0 saturated heterocycles. The van der Waals surface area contributed by atoms with Gasteiger partial charge < -0.3 is 10.6 Å². The number of hydrogen-bond acceptors (Lipinski definition) is 3. The van der Waals surface area contributed by atoms with E-state index in [0.717, 1.165) is 6.54 Å². The van der Waals surface area contributed by atoms with Gasteiger partial charge in [-0.2, -0.15) is 0 Å². The first-order valence-electron chi connectivity index (χ1n) is 5.76. The van der Waals surface area contributed by atoms with Crippen molar-refractivity contribution in [2.45, 2.75) is 25.3 Å². The van der Waals surface area contributed by atoms with E-state index in [2.05, 4.69) is 41.5 Å². The van der Waals surface area contributed by atoms with E-state index in [1.54, 1.807) is 11.8 Å². The molecule has 86 valence electrons. The predicted molar refractivity (Wildman–Crippen MR) is 71.6 cm³/mol. The van der Waals surface area contributed by atoms with Crippen LogP contribution >= 0.6 is 11.8 Å². The average Bonchev–Trinajstić information content (AvgIpc) is 2.69. The van der Waals surface area contributed by atoms with Crippen molar-refractivity contribution < 1.29 is 0 Å². The summed E-state index contributed by atoms with van der Waals surface area (Å²) in [7, 11) is 0.